The number of carboxylic acids is 2. The Kier molecular flexibility index (Phi) is 18.3. The van der Waals surface area contributed by atoms with E-state index >= 15 is 0 Å². The number of halogens is 2. The monoisotopic (exact) mass is 974 g/mol. The maximum Gasteiger partial charge on any atom is 0.333 e. The highest BCUT2D eigenvalue weighted by Crippen LogP contribution is 2.37. The van der Waals surface area contributed by atoms with Crippen molar-refractivity contribution in [3.05, 3.63) is 163 Å². The summed E-state index contributed by atoms with van der Waals surface area (Å²) in [6.07, 6.45) is 2.96. The Hall–Kier alpha value is -7.28. The number of aliphatic hydroxyl groups excluding tert-OH is 2. The zero-order valence-electron chi connectivity index (χ0n) is 37.5. The first-order valence-corrected chi connectivity index (χ1v) is 22.2. The first-order chi connectivity index (χ1) is 33.2. The number of aromatic nitrogens is 2. The van der Waals surface area contributed by atoms with Crippen LogP contribution >= 0.6 is 23.2 Å². The van der Waals surface area contributed by atoms with E-state index in [0.29, 0.717) is 61.4 Å². The van der Waals surface area contributed by atoms with Gasteiger partial charge in [-0.1, -0.05) is 59.6 Å². The Labute approximate surface area is 408 Å². The molecule has 0 amide bonds. The molecule has 6 aromatic rings. The molecule has 2 unspecified atom stereocenters. The number of nitrogens with one attached hydrogen (secondary N) is 2. The second-order valence-electron chi connectivity index (χ2n) is 15.9. The smallest absolute Gasteiger partial charge is 0.333 e. The summed E-state index contributed by atoms with van der Waals surface area (Å²) in [5.74, 6) is -0.979. The van der Waals surface area contributed by atoms with Crippen molar-refractivity contribution in [2.75, 3.05) is 13.1 Å². The van der Waals surface area contributed by atoms with Crippen molar-refractivity contribution >= 4 is 35.1 Å². The maximum atomic E-state index is 11.2. The minimum atomic E-state index is -1.60. The number of hydrogen-bond donors (Lipinski definition) is 6. The van der Waals surface area contributed by atoms with Gasteiger partial charge in [-0.3, -0.25) is 14.8 Å². The number of hydrogen-bond acceptors (Lipinski definition) is 14. The number of nitrogens with zero attached hydrogens (tertiary/aromatic N) is 4. The van der Waals surface area contributed by atoms with Crippen LogP contribution in [0.4, 0.5) is 0 Å². The number of pyridine rings is 2. The first kappa shape index (κ1) is 51.1. The molecule has 18 heteroatoms. The van der Waals surface area contributed by atoms with Gasteiger partial charge in [0.2, 0.25) is 0 Å². The molecule has 2 heterocycles. The molecular weight excluding hydrogens is 927 g/mol. The molecule has 0 aliphatic heterocycles. The number of ether oxygens (including phenoxy) is 4. The number of aliphatic hydroxyl groups is 2. The van der Waals surface area contributed by atoms with Gasteiger partial charge in [-0.15, -0.1) is 0 Å². The standard InChI is InChI=1S/C51H48Cl2N6O10/c1-30-36(28-68-48-14-46(66-26-34-9-32(16-54)18-56-20-34)38(11-43(48)52)22-58-24-40(60)13-50(62)63)5-3-7-41(30)42-8-4-6-37(31(42)2)29-69-49-15-47(67-27-35-10-33(17-55)19-57-21-35)39(12-44(49)53)23-59-25-45(61)51(64)65/h3-12,14-15,18-21,40,45,58-61H,13,22-29H2,1-2H3,(H,62,63)(H,64,65). The molecule has 0 saturated carbocycles. The van der Waals surface area contributed by atoms with Gasteiger partial charge in [0.05, 0.1) is 33.7 Å². The Bertz CT molecular complexity index is 2890. The third kappa shape index (κ3) is 14.4. The molecule has 0 aliphatic carbocycles. The minimum absolute atomic E-state index is 0.0194. The molecule has 0 aliphatic rings. The van der Waals surface area contributed by atoms with Crippen LogP contribution in [0.1, 0.15) is 62.1 Å². The van der Waals surface area contributed by atoms with Gasteiger partial charge in [0.25, 0.3) is 0 Å². The highest BCUT2D eigenvalue weighted by atomic mass is 35.5. The lowest BCUT2D eigenvalue weighted by atomic mass is 9.92. The van der Waals surface area contributed by atoms with Crippen LogP contribution in [0.2, 0.25) is 10.0 Å². The molecule has 6 rings (SSSR count). The predicted molar refractivity (Wildman–Crippen MR) is 255 cm³/mol. The van der Waals surface area contributed by atoms with Gasteiger partial charge in [-0.2, -0.15) is 10.5 Å². The summed E-state index contributed by atoms with van der Waals surface area (Å²) in [5, 5.41) is 63.2. The number of rotatable bonds is 24. The van der Waals surface area contributed by atoms with Gasteiger partial charge in [-0.25, -0.2) is 4.79 Å². The van der Waals surface area contributed by atoms with Crippen LogP contribution < -0.4 is 29.6 Å². The van der Waals surface area contributed by atoms with E-state index < -0.39 is 30.6 Å². The van der Waals surface area contributed by atoms with Crippen molar-refractivity contribution in [3.63, 3.8) is 0 Å². The Balaban J connectivity index is 1.18. The quantitative estimate of drug-likeness (QED) is 0.0342. The molecule has 356 valence electrons. The molecule has 69 heavy (non-hydrogen) atoms. The van der Waals surface area contributed by atoms with Gasteiger partial charge in [-0.05, 0) is 71.5 Å². The van der Waals surface area contributed by atoms with Gasteiger partial charge in [0.1, 0.15) is 61.6 Å². The highest BCUT2D eigenvalue weighted by Gasteiger charge is 2.19. The lowest BCUT2D eigenvalue weighted by Gasteiger charge is -2.19. The lowest BCUT2D eigenvalue weighted by molar-refractivity contribution is -0.146. The van der Waals surface area contributed by atoms with Gasteiger partial charge < -0.3 is 50.0 Å². The van der Waals surface area contributed by atoms with Crippen LogP contribution in [0.25, 0.3) is 11.1 Å². The number of aliphatic carboxylic acids is 2. The van der Waals surface area contributed by atoms with E-state index in [2.05, 4.69) is 32.7 Å². The van der Waals surface area contributed by atoms with Gasteiger partial charge >= 0.3 is 11.9 Å². The maximum absolute atomic E-state index is 11.2. The van der Waals surface area contributed by atoms with Crippen LogP contribution in [0.3, 0.4) is 0 Å². The van der Waals surface area contributed by atoms with Crippen molar-refractivity contribution in [3.8, 4) is 46.3 Å². The van der Waals surface area contributed by atoms with Crippen LogP contribution in [0.15, 0.2) is 97.6 Å². The fraction of sp³-hybridized carbons (Fsp3) is 0.255. The van der Waals surface area contributed by atoms with Crippen molar-refractivity contribution in [1.29, 1.82) is 10.5 Å². The Morgan fingerprint density at radius 2 is 1.07 bits per heavy atom. The number of nitriles is 2. The van der Waals surface area contributed by atoms with Crippen molar-refractivity contribution in [2.45, 2.75) is 72.0 Å². The molecule has 0 fully saturated rings. The van der Waals surface area contributed by atoms with Crippen molar-refractivity contribution in [2.24, 2.45) is 0 Å². The third-order valence-corrected chi connectivity index (χ3v) is 11.4. The van der Waals surface area contributed by atoms with Gasteiger partial charge in [0, 0.05) is 85.4 Å². The molecule has 0 radical (unpaired) electrons. The van der Waals surface area contributed by atoms with E-state index in [-0.39, 0.29) is 57.6 Å². The average Bonchev–Trinajstić information content (AvgIpc) is 3.33. The molecule has 0 saturated heterocycles. The molecule has 4 aromatic carbocycles. The summed E-state index contributed by atoms with van der Waals surface area (Å²) in [5.41, 5.74) is 8.94. The summed E-state index contributed by atoms with van der Waals surface area (Å²) in [7, 11) is 0. The summed E-state index contributed by atoms with van der Waals surface area (Å²) in [6.45, 7) is 4.59. The van der Waals surface area contributed by atoms with Crippen LogP contribution in [-0.2, 0) is 49.1 Å². The number of carbonyl (C=O) groups is 2. The Morgan fingerprint density at radius 1 is 0.623 bits per heavy atom. The SMILES string of the molecule is Cc1c(COc2cc(OCc3cncc(C#N)c3)c(CNCC(O)CC(=O)O)cc2Cl)cccc1-c1cccc(COc2cc(OCc3cncc(C#N)c3)c(CNCC(O)C(=O)O)cc2Cl)c1C. The van der Waals surface area contributed by atoms with E-state index in [1.165, 1.54) is 12.4 Å². The molecule has 2 aromatic heterocycles. The summed E-state index contributed by atoms with van der Waals surface area (Å²) in [4.78, 5) is 30.4. The molecule has 0 spiro atoms. The fourth-order valence-corrected chi connectivity index (χ4v) is 7.63. The van der Waals surface area contributed by atoms with E-state index in [1.807, 2.05) is 50.2 Å². The average molecular weight is 976 g/mol. The second kappa shape index (κ2) is 24.7. The van der Waals surface area contributed by atoms with Crippen LogP contribution in [0, 0.1) is 36.5 Å². The first-order valence-electron chi connectivity index (χ1n) is 21.5. The zero-order chi connectivity index (χ0) is 49.5. The molecule has 16 nitrogen and oxygen atoms in total. The number of carboxylic acid groups (broad SMARTS) is 2. The van der Waals surface area contributed by atoms with E-state index in [1.54, 1.807) is 48.8 Å². The van der Waals surface area contributed by atoms with E-state index in [0.717, 1.165) is 33.4 Å². The molecular formula is C51H48Cl2N6O10. The second-order valence-corrected chi connectivity index (χ2v) is 16.7. The summed E-state index contributed by atoms with van der Waals surface area (Å²) >= 11 is 13.5. The van der Waals surface area contributed by atoms with Gasteiger partial charge in [0.15, 0.2) is 6.10 Å². The van der Waals surface area contributed by atoms with E-state index in [9.17, 15) is 30.3 Å². The topological polar surface area (TPSA) is 249 Å². The highest BCUT2D eigenvalue weighted by molar-refractivity contribution is 6.32. The summed E-state index contributed by atoms with van der Waals surface area (Å²) in [6, 6.07) is 26.0. The predicted octanol–water partition coefficient (Wildman–Crippen LogP) is 7.59. The Morgan fingerprint density at radius 3 is 1.51 bits per heavy atom. The lowest BCUT2D eigenvalue weighted by Crippen LogP contribution is -2.32. The fourth-order valence-electron chi connectivity index (χ4n) is 7.15. The van der Waals surface area contributed by atoms with E-state index in [4.69, 9.17) is 52.4 Å². The minimum Gasteiger partial charge on any atom is -0.488 e. The summed E-state index contributed by atoms with van der Waals surface area (Å²) < 4.78 is 25.0. The molecule has 2 atom stereocenters. The van der Waals surface area contributed by atoms with Crippen molar-refractivity contribution < 1.29 is 49.0 Å². The zero-order valence-corrected chi connectivity index (χ0v) is 39.1. The van der Waals surface area contributed by atoms with Crippen LogP contribution in [0.5, 0.6) is 23.0 Å². The van der Waals surface area contributed by atoms with Crippen molar-refractivity contribution in [1.82, 2.24) is 20.6 Å². The normalized spacial score (nSPS) is 11.8. The number of benzene rings is 4. The third-order valence-electron chi connectivity index (χ3n) is 10.9. The molecule has 6 N–H and O–H groups in total. The largest absolute Gasteiger partial charge is 0.488 e. The van der Waals surface area contributed by atoms with Crippen LogP contribution in [-0.4, -0.2) is 67.6 Å². The molecule has 0 bridgehead atoms.